The first-order valence-electron chi connectivity index (χ1n) is 6.62. The first kappa shape index (κ1) is 15.7. The number of carboxylic acid groups (broad SMARTS) is 1. The van der Waals surface area contributed by atoms with Gasteiger partial charge in [0.1, 0.15) is 5.82 Å². The molecule has 1 fully saturated rings. The number of nitrogens with zero attached hydrogens (tertiary/aromatic N) is 2. The van der Waals surface area contributed by atoms with Crippen molar-refractivity contribution < 1.29 is 19.1 Å². The molecule has 0 bridgehead atoms. The first-order valence-corrected chi connectivity index (χ1v) is 7.00. The molecule has 0 aliphatic carbocycles. The molecule has 0 spiro atoms. The van der Waals surface area contributed by atoms with Crippen molar-refractivity contribution >= 4 is 23.5 Å². The third-order valence-corrected chi connectivity index (χ3v) is 3.83. The van der Waals surface area contributed by atoms with Crippen molar-refractivity contribution in [2.45, 2.75) is 6.42 Å². The Labute approximate surface area is 126 Å². The minimum atomic E-state index is -0.882. The minimum absolute atomic E-state index is 0.0266. The standard InChI is InChI=1S/C14H16ClFN2O3/c15-11-2-1-3-12(16)10(11)8-13(19)18-6-4-17(5-7-18)9-14(20)21/h1-3H,4-9H2,(H,20,21). The number of piperazine rings is 1. The van der Waals surface area contributed by atoms with Gasteiger partial charge in [-0.25, -0.2) is 4.39 Å². The van der Waals surface area contributed by atoms with Crippen LogP contribution >= 0.6 is 11.6 Å². The van der Waals surface area contributed by atoms with Gasteiger partial charge in [-0.3, -0.25) is 14.5 Å². The number of amides is 1. The van der Waals surface area contributed by atoms with Gasteiger partial charge < -0.3 is 10.0 Å². The maximum atomic E-state index is 13.7. The number of halogens is 2. The molecule has 1 aliphatic rings. The predicted octanol–water partition coefficient (Wildman–Crippen LogP) is 1.25. The Morgan fingerprint density at radius 3 is 2.48 bits per heavy atom. The molecule has 1 aliphatic heterocycles. The normalized spacial score (nSPS) is 16.0. The van der Waals surface area contributed by atoms with Gasteiger partial charge in [-0.15, -0.1) is 0 Å². The molecule has 5 nitrogen and oxygen atoms in total. The van der Waals surface area contributed by atoms with Crippen molar-refractivity contribution in [1.29, 1.82) is 0 Å². The summed E-state index contributed by atoms with van der Waals surface area (Å²) in [6.07, 6.45) is -0.0789. The average molecular weight is 315 g/mol. The summed E-state index contributed by atoms with van der Waals surface area (Å²) in [4.78, 5) is 26.2. The molecule has 1 aromatic carbocycles. The average Bonchev–Trinajstić information content (AvgIpc) is 2.43. The van der Waals surface area contributed by atoms with E-state index in [-0.39, 0.29) is 29.5 Å². The van der Waals surface area contributed by atoms with Crippen LogP contribution in [-0.4, -0.2) is 59.5 Å². The quantitative estimate of drug-likeness (QED) is 0.908. The highest BCUT2D eigenvalue weighted by Gasteiger charge is 2.23. The van der Waals surface area contributed by atoms with Crippen molar-refractivity contribution in [1.82, 2.24) is 9.80 Å². The third-order valence-electron chi connectivity index (χ3n) is 3.47. The van der Waals surface area contributed by atoms with Gasteiger partial charge in [-0.2, -0.15) is 0 Å². The van der Waals surface area contributed by atoms with Crippen molar-refractivity contribution in [3.8, 4) is 0 Å². The highest BCUT2D eigenvalue weighted by molar-refractivity contribution is 6.31. The van der Waals surface area contributed by atoms with Crippen LogP contribution in [0.5, 0.6) is 0 Å². The maximum Gasteiger partial charge on any atom is 0.317 e. The maximum absolute atomic E-state index is 13.7. The number of benzene rings is 1. The van der Waals surface area contributed by atoms with Gasteiger partial charge in [0.05, 0.1) is 13.0 Å². The Morgan fingerprint density at radius 1 is 1.24 bits per heavy atom. The Bertz CT molecular complexity index is 525. The second-order valence-electron chi connectivity index (χ2n) is 4.93. The molecule has 1 heterocycles. The Morgan fingerprint density at radius 2 is 1.90 bits per heavy atom. The van der Waals surface area contributed by atoms with Crippen LogP contribution in [-0.2, 0) is 16.0 Å². The van der Waals surface area contributed by atoms with E-state index in [1.165, 1.54) is 12.1 Å². The second kappa shape index (κ2) is 6.87. The minimum Gasteiger partial charge on any atom is -0.480 e. The molecule has 0 aromatic heterocycles. The van der Waals surface area contributed by atoms with E-state index in [2.05, 4.69) is 0 Å². The molecule has 2 rings (SSSR count). The topological polar surface area (TPSA) is 60.9 Å². The number of hydrogen-bond acceptors (Lipinski definition) is 3. The lowest BCUT2D eigenvalue weighted by Gasteiger charge is -2.34. The van der Waals surface area contributed by atoms with Gasteiger partial charge in [0.15, 0.2) is 0 Å². The van der Waals surface area contributed by atoms with Crippen molar-refractivity contribution in [3.63, 3.8) is 0 Å². The Hall–Kier alpha value is -1.66. The van der Waals surface area contributed by atoms with E-state index < -0.39 is 11.8 Å². The molecule has 1 amide bonds. The summed E-state index contributed by atoms with van der Waals surface area (Å²) in [5, 5.41) is 8.96. The van der Waals surface area contributed by atoms with Crippen LogP contribution in [0.1, 0.15) is 5.56 Å². The molecule has 21 heavy (non-hydrogen) atoms. The largest absolute Gasteiger partial charge is 0.480 e. The summed E-state index contributed by atoms with van der Waals surface area (Å²) in [5.41, 5.74) is 0.206. The molecular weight excluding hydrogens is 299 g/mol. The second-order valence-corrected chi connectivity index (χ2v) is 5.33. The molecular formula is C14H16ClFN2O3. The zero-order valence-corrected chi connectivity index (χ0v) is 12.1. The fourth-order valence-corrected chi connectivity index (χ4v) is 2.54. The van der Waals surface area contributed by atoms with Gasteiger partial charge in [0, 0.05) is 36.8 Å². The molecule has 0 radical (unpaired) electrons. The van der Waals surface area contributed by atoms with E-state index in [1.54, 1.807) is 15.9 Å². The highest BCUT2D eigenvalue weighted by Crippen LogP contribution is 2.20. The SMILES string of the molecule is O=C(O)CN1CCN(C(=O)Cc2c(F)cccc2Cl)CC1. The fourth-order valence-electron chi connectivity index (χ4n) is 2.31. The van der Waals surface area contributed by atoms with Crippen LogP contribution in [0, 0.1) is 5.82 Å². The fraction of sp³-hybridized carbons (Fsp3) is 0.429. The van der Waals surface area contributed by atoms with Crippen molar-refractivity contribution in [3.05, 3.63) is 34.6 Å². The summed E-state index contributed by atoms with van der Waals surface area (Å²) < 4.78 is 13.7. The van der Waals surface area contributed by atoms with Gasteiger partial charge in [-0.05, 0) is 12.1 Å². The summed E-state index contributed by atoms with van der Waals surface area (Å²) in [6.45, 7) is 1.86. The molecule has 0 atom stereocenters. The van der Waals surface area contributed by atoms with E-state index in [0.717, 1.165) is 0 Å². The van der Waals surface area contributed by atoms with Crippen LogP contribution in [0.3, 0.4) is 0 Å². The zero-order chi connectivity index (χ0) is 15.4. The lowest BCUT2D eigenvalue weighted by molar-refractivity contribution is -0.139. The van der Waals surface area contributed by atoms with Crippen LogP contribution in [0.15, 0.2) is 18.2 Å². The van der Waals surface area contributed by atoms with E-state index in [1.807, 2.05) is 0 Å². The Balaban J connectivity index is 1.92. The number of carbonyl (C=O) groups is 2. The number of rotatable bonds is 4. The lowest BCUT2D eigenvalue weighted by Crippen LogP contribution is -2.50. The summed E-state index contributed by atoms with van der Waals surface area (Å²) >= 11 is 5.91. The highest BCUT2D eigenvalue weighted by atomic mass is 35.5. The molecule has 0 saturated carbocycles. The van der Waals surface area contributed by atoms with E-state index >= 15 is 0 Å². The van der Waals surface area contributed by atoms with Crippen LogP contribution in [0.2, 0.25) is 5.02 Å². The van der Waals surface area contributed by atoms with Crippen molar-refractivity contribution in [2.75, 3.05) is 32.7 Å². The molecule has 1 aromatic rings. The van der Waals surface area contributed by atoms with Crippen molar-refractivity contribution in [2.24, 2.45) is 0 Å². The number of carboxylic acids is 1. The molecule has 0 unspecified atom stereocenters. The van der Waals surface area contributed by atoms with Gasteiger partial charge in [0.2, 0.25) is 5.91 Å². The van der Waals surface area contributed by atoms with Gasteiger partial charge in [0.25, 0.3) is 0 Å². The van der Waals surface area contributed by atoms with Gasteiger partial charge in [-0.1, -0.05) is 17.7 Å². The van der Waals surface area contributed by atoms with Gasteiger partial charge >= 0.3 is 5.97 Å². The third kappa shape index (κ3) is 4.15. The summed E-state index contributed by atoms with van der Waals surface area (Å²) in [5.74, 6) is -1.56. The van der Waals surface area contributed by atoms with E-state index in [4.69, 9.17) is 16.7 Å². The lowest BCUT2D eigenvalue weighted by atomic mass is 10.1. The Kier molecular flexibility index (Phi) is 5.14. The predicted molar refractivity (Wildman–Crippen MR) is 75.8 cm³/mol. The zero-order valence-electron chi connectivity index (χ0n) is 11.4. The number of carbonyl (C=O) groups excluding carboxylic acids is 1. The molecule has 1 N–H and O–H groups in total. The van der Waals surface area contributed by atoms with E-state index in [0.29, 0.717) is 26.2 Å². The first-order chi connectivity index (χ1) is 9.97. The molecule has 114 valence electrons. The van der Waals surface area contributed by atoms with Crippen LogP contribution in [0.4, 0.5) is 4.39 Å². The van der Waals surface area contributed by atoms with E-state index in [9.17, 15) is 14.0 Å². The number of aliphatic carboxylic acids is 1. The van der Waals surface area contributed by atoms with Crippen LogP contribution < -0.4 is 0 Å². The monoisotopic (exact) mass is 314 g/mol. The van der Waals surface area contributed by atoms with Crippen LogP contribution in [0.25, 0.3) is 0 Å². The number of hydrogen-bond donors (Lipinski definition) is 1. The molecule has 7 heteroatoms. The summed E-state index contributed by atoms with van der Waals surface area (Å²) in [6, 6.07) is 4.33. The smallest absolute Gasteiger partial charge is 0.317 e. The molecule has 1 saturated heterocycles. The summed E-state index contributed by atoms with van der Waals surface area (Å²) in [7, 11) is 0.